The maximum atomic E-state index is 5.03. The van der Waals surface area contributed by atoms with E-state index in [1.165, 1.54) is 5.56 Å². The van der Waals surface area contributed by atoms with Crippen LogP contribution in [0.2, 0.25) is 0 Å². The highest BCUT2D eigenvalue weighted by atomic mass is 16.5. The number of aromatic nitrogens is 3. The lowest BCUT2D eigenvalue weighted by atomic mass is 10.2. The molecule has 0 aliphatic carbocycles. The lowest BCUT2D eigenvalue weighted by Gasteiger charge is -2.20. The molecule has 118 valence electrons. The third-order valence-corrected chi connectivity index (χ3v) is 3.26. The predicted octanol–water partition coefficient (Wildman–Crippen LogP) is 2.35. The van der Waals surface area contributed by atoms with E-state index in [0.29, 0.717) is 5.95 Å². The molecule has 1 heterocycles. The van der Waals surface area contributed by atoms with Gasteiger partial charge in [0.25, 0.3) is 0 Å². The summed E-state index contributed by atoms with van der Waals surface area (Å²) in [5, 5.41) is 11.4. The zero-order chi connectivity index (χ0) is 15.6. The number of rotatable bonds is 9. The highest BCUT2D eigenvalue weighted by Crippen LogP contribution is 2.13. The van der Waals surface area contributed by atoms with E-state index in [9.17, 15) is 0 Å². The number of hydrogen-bond donors (Lipinski definition) is 1. The van der Waals surface area contributed by atoms with Crippen molar-refractivity contribution in [3.8, 4) is 0 Å². The van der Waals surface area contributed by atoms with Crippen molar-refractivity contribution in [3.05, 3.63) is 42.1 Å². The molecular formula is C16H23N5O. The van der Waals surface area contributed by atoms with Crippen molar-refractivity contribution in [2.45, 2.75) is 19.9 Å². The number of methoxy groups -OCH3 is 1. The van der Waals surface area contributed by atoms with E-state index in [1.54, 1.807) is 13.3 Å². The van der Waals surface area contributed by atoms with Crippen LogP contribution in [0.25, 0.3) is 0 Å². The van der Waals surface area contributed by atoms with E-state index in [2.05, 4.69) is 44.5 Å². The molecule has 0 fully saturated rings. The van der Waals surface area contributed by atoms with Gasteiger partial charge < -0.3 is 15.0 Å². The molecule has 0 saturated carbocycles. The lowest BCUT2D eigenvalue weighted by Crippen LogP contribution is -2.25. The Morgan fingerprint density at radius 1 is 1.23 bits per heavy atom. The number of anilines is 2. The van der Waals surface area contributed by atoms with Gasteiger partial charge >= 0.3 is 0 Å². The first-order valence-electron chi connectivity index (χ1n) is 7.55. The van der Waals surface area contributed by atoms with Crippen molar-refractivity contribution in [2.75, 3.05) is 37.0 Å². The van der Waals surface area contributed by atoms with E-state index in [1.807, 2.05) is 18.2 Å². The smallest absolute Gasteiger partial charge is 0.247 e. The average molecular weight is 301 g/mol. The summed E-state index contributed by atoms with van der Waals surface area (Å²) in [6, 6.07) is 10.3. The van der Waals surface area contributed by atoms with Gasteiger partial charge in [-0.15, -0.1) is 5.10 Å². The van der Waals surface area contributed by atoms with Gasteiger partial charge in [0.15, 0.2) is 5.82 Å². The van der Waals surface area contributed by atoms with Gasteiger partial charge in [0.05, 0.1) is 6.20 Å². The summed E-state index contributed by atoms with van der Waals surface area (Å²) >= 11 is 0. The second-order valence-corrected chi connectivity index (χ2v) is 4.91. The van der Waals surface area contributed by atoms with Gasteiger partial charge in [0.1, 0.15) is 0 Å². The summed E-state index contributed by atoms with van der Waals surface area (Å²) in [7, 11) is 1.70. The Labute approximate surface area is 131 Å². The Morgan fingerprint density at radius 3 is 2.77 bits per heavy atom. The van der Waals surface area contributed by atoms with Crippen LogP contribution in [0.4, 0.5) is 11.8 Å². The van der Waals surface area contributed by atoms with Gasteiger partial charge in [-0.2, -0.15) is 10.1 Å². The highest BCUT2D eigenvalue weighted by Gasteiger charge is 2.09. The third-order valence-electron chi connectivity index (χ3n) is 3.26. The van der Waals surface area contributed by atoms with Gasteiger partial charge in [0.2, 0.25) is 5.95 Å². The first-order valence-corrected chi connectivity index (χ1v) is 7.55. The van der Waals surface area contributed by atoms with Crippen molar-refractivity contribution in [1.29, 1.82) is 0 Å². The van der Waals surface area contributed by atoms with E-state index >= 15 is 0 Å². The molecule has 0 radical (unpaired) electrons. The summed E-state index contributed by atoms with van der Waals surface area (Å²) < 4.78 is 5.03. The van der Waals surface area contributed by atoms with Gasteiger partial charge in [-0.3, -0.25) is 0 Å². The van der Waals surface area contributed by atoms with E-state index in [4.69, 9.17) is 4.74 Å². The molecule has 1 N–H and O–H groups in total. The average Bonchev–Trinajstić information content (AvgIpc) is 2.58. The fourth-order valence-corrected chi connectivity index (χ4v) is 2.07. The molecule has 6 nitrogen and oxygen atoms in total. The fourth-order valence-electron chi connectivity index (χ4n) is 2.07. The molecule has 0 unspecified atom stereocenters. The first kappa shape index (κ1) is 16.2. The number of hydrogen-bond acceptors (Lipinski definition) is 6. The Hall–Kier alpha value is -2.21. The largest absolute Gasteiger partial charge is 0.385 e. The van der Waals surface area contributed by atoms with Gasteiger partial charge in [-0.25, -0.2) is 0 Å². The second kappa shape index (κ2) is 8.94. The molecule has 0 spiro atoms. The molecule has 0 bridgehead atoms. The minimum atomic E-state index is 0.642. The molecule has 0 atom stereocenters. The van der Waals surface area contributed by atoms with E-state index in [0.717, 1.165) is 38.5 Å². The topological polar surface area (TPSA) is 63.2 Å². The van der Waals surface area contributed by atoms with Crippen molar-refractivity contribution in [2.24, 2.45) is 0 Å². The van der Waals surface area contributed by atoms with Crippen LogP contribution in [-0.4, -0.2) is 42.0 Å². The standard InChI is InChI=1S/C16H23N5O/c1-3-21(13-14-8-5-4-6-9-14)16-19-15(12-18-20-16)17-10-7-11-22-2/h4-6,8-9,12H,3,7,10-11,13H2,1-2H3,(H,17,19,20). The number of ether oxygens (including phenoxy) is 1. The van der Waals surface area contributed by atoms with E-state index in [-0.39, 0.29) is 0 Å². The van der Waals surface area contributed by atoms with Crippen molar-refractivity contribution in [1.82, 2.24) is 15.2 Å². The van der Waals surface area contributed by atoms with Crippen molar-refractivity contribution < 1.29 is 4.74 Å². The maximum absolute atomic E-state index is 5.03. The number of nitrogens with one attached hydrogen (secondary N) is 1. The van der Waals surface area contributed by atoms with Crippen LogP contribution in [0.3, 0.4) is 0 Å². The minimum Gasteiger partial charge on any atom is -0.385 e. The second-order valence-electron chi connectivity index (χ2n) is 4.91. The number of benzene rings is 1. The van der Waals surface area contributed by atoms with Crippen LogP contribution in [0, 0.1) is 0 Å². The normalized spacial score (nSPS) is 10.5. The van der Waals surface area contributed by atoms with Crippen LogP contribution < -0.4 is 10.2 Å². The summed E-state index contributed by atoms with van der Waals surface area (Å²) in [6.07, 6.45) is 2.57. The van der Waals surface area contributed by atoms with Crippen LogP contribution in [-0.2, 0) is 11.3 Å². The predicted molar refractivity (Wildman–Crippen MR) is 88.0 cm³/mol. The van der Waals surface area contributed by atoms with Crippen molar-refractivity contribution >= 4 is 11.8 Å². The molecule has 6 heteroatoms. The summed E-state index contributed by atoms with van der Waals surface area (Å²) in [5.41, 5.74) is 1.23. The molecule has 0 aliphatic heterocycles. The Bertz CT molecular complexity index is 549. The third kappa shape index (κ3) is 4.96. The molecule has 22 heavy (non-hydrogen) atoms. The number of nitrogens with zero attached hydrogens (tertiary/aromatic N) is 4. The van der Waals surface area contributed by atoms with Crippen LogP contribution in [0.1, 0.15) is 18.9 Å². The zero-order valence-electron chi connectivity index (χ0n) is 13.2. The van der Waals surface area contributed by atoms with Crippen LogP contribution in [0.5, 0.6) is 0 Å². The Morgan fingerprint density at radius 2 is 2.05 bits per heavy atom. The van der Waals surface area contributed by atoms with Crippen LogP contribution in [0.15, 0.2) is 36.5 Å². The minimum absolute atomic E-state index is 0.642. The maximum Gasteiger partial charge on any atom is 0.247 e. The molecular weight excluding hydrogens is 278 g/mol. The Balaban J connectivity index is 1.99. The fraction of sp³-hybridized carbons (Fsp3) is 0.438. The van der Waals surface area contributed by atoms with Crippen LogP contribution >= 0.6 is 0 Å². The summed E-state index contributed by atoms with van der Waals surface area (Å²) in [6.45, 7) is 5.21. The molecule has 1 aromatic heterocycles. The van der Waals surface area contributed by atoms with Crippen molar-refractivity contribution in [3.63, 3.8) is 0 Å². The van der Waals surface area contributed by atoms with Gasteiger partial charge in [-0.1, -0.05) is 30.3 Å². The monoisotopic (exact) mass is 301 g/mol. The molecule has 0 amide bonds. The quantitative estimate of drug-likeness (QED) is 0.717. The highest BCUT2D eigenvalue weighted by molar-refractivity contribution is 5.39. The Kier molecular flexibility index (Phi) is 6.57. The SMILES string of the molecule is CCN(Cc1ccccc1)c1nncc(NCCCOC)n1. The van der Waals surface area contributed by atoms with Gasteiger partial charge in [0, 0.05) is 33.4 Å². The molecule has 0 aliphatic rings. The summed E-state index contributed by atoms with van der Waals surface area (Å²) in [5.74, 6) is 1.38. The zero-order valence-corrected chi connectivity index (χ0v) is 13.2. The molecule has 2 aromatic rings. The lowest BCUT2D eigenvalue weighted by molar-refractivity contribution is 0.197. The molecule has 0 saturated heterocycles. The molecule has 2 rings (SSSR count). The van der Waals surface area contributed by atoms with Gasteiger partial charge in [-0.05, 0) is 18.9 Å². The first-order chi connectivity index (χ1) is 10.8. The molecule has 1 aromatic carbocycles. The summed E-state index contributed by atoms with van der Waals surface area (Å²) in [4.78, 5) is 6.64. The van der Waals surface area contributed by atoms with E-state index < -0.39 is 0 Å².